The highest BCUT2D eigenvalue weighted by atomic mass is 32.2. The fourth-order valence-electron chi connectivity index (χ4n) is 17.8. The van der Waals surface area contributed by atoms with Crippen LogP contribution in [-0.4, -0.2) is 142 Å². The Morgan fingerprint density at radius 2 is 0.945 bits per heavy atom. The summed E-state index contributed by atoms with van der Waals surface area (Å²) in [4.78, 5) is 116. The molecule has 23 nitrogen and oxygen atoms in total. The Labute approximate surface area is 532 Å². The molecule has 2 saturated heterocycles. The van der Waals surface area contributed by atoms with Crippen LogP contribution in [0, 0.1) is 82.9 Å². The summed E-state index contributed by atoms with van der Waals surface area (Å²) in [5, 5.41) is -0.476. The average molecular weight is 1300 g/mol. The number of esters is 10. The molecule has 12 aliphatic carbocycles. The Bertz CT molecular complexity index is 2990. The minimum atomic E-state index is -3.56. The van der Waals surface area contributed by atoms with E-state index in [9.17, 15) is 56.4 Å². The molecule has 0 aromatic rings. The van der Waals surface area contributed by atoms with Gasteiger partial charge in [-0.2, -0.15) is 8.42 Å². The van der Waals surface area contributed by atoms with Gasteiger partial charge in [-0.3, -0.25) is 18.6 Å². The van der Waals surface area contributed by atoms with E-state index in [1.165, 1.54) is 59.3 Å². The van der Waals surface area contributed by atoms with Crippen molar-refractivity contribution >= 4 is 69.8 Å². The largest absolute Gasteiger partial charge is 0.462 e. The minimum Gasteiger partial charge on any atom is -0.462 e. The van der Waals surface area contributed by atoms with Crippen molar-refractivity contribution in [1.29, 1.82) is 0 Å². The summed E-state index contributed by atoms with van der Waals surface area (Å²) in [6, 6.07) is 0. The van der Waals surface area contributed by atoms with Crippen LogP contribution in [0.1, 0.15) is 151 Å². The summed E-state index contributed by atoms with van der Waals surface area (Å²) in [7, 11) is -3.56. The molecule has 0 spiro atoms. The maximum Gasteiger partial charge on any atom is 0.344 e. The lowest BCUT2D eigenvalue weighted by molar-refractivity contribution is -0.221. The molecular formula is C67H90O23S. The van der Waals surface area contributed by atoms with Gasteiger partial charge in [0, 0.05) is 46.0 Å². The zero-order valence-corrected chi connectivity index (χ0v) is 54.3. The first-order valence-electron chi connectivity index (χ1n) is 32.3. The Hall–Kier alpha value is -6.43. The predicted molar refractivity (Wildman–Crippen MR) is 319 cm³/mol. The summed E-state index contributed by atoms with van der Waals surface area (Å²) in [5.74, 6) is 0.683. The van der Waals surface area contributed by atoms with Crippen LogP contribution in [0.2, 0.25) is 0 Å². The van der Waals surface area contributed by atoms with Crippen molar-refractivity contribution in [3.05, 3.63) is 48.6 Å². The highest BCUT2D eigenvalue weighted by Gasteiger charge is 2.66. The molecule has 502 valence electrons. The Balaban J connectivity index is 0.000000145. The van der Waals surface area contributed by atoms with Gasteiger partial charge in [-0.15, -0.1) is 0 Å². The zero-order valence-electron chi connectivity index (χ0n) is 53.4. The highest BCUT2D eigenvalue weighted by molar-refractivity contribution is 7.87. The van der Waals surface area contributed by atoms with Gasteiger partial charge in [0.25, 0.3) is 10.1 Å². The number of rotatable bonds is 21. The lowest BCUT2D eigenvalue weighted by Gasteiger charge is -2.61. The van der Waals surface area contributed by atoms with Gasteiger partial charge < -0.3 is 47.4 Å². The van der Waals surface area contributed by atoms with E-state index in [2.05, 4.69) is 44.9 Å². The van der Waals surface area contributed by atoms with Gasteiger partial charge in [0.15, 0.2) is 19.8 Å². The van der Waals surface area contributed by atoms with Crippen LogP contribution >= 0.6 is 0 Å². The van der Waals surface area contributed by atoms with E-state index in [0.29, 0.717) is 48.0 Å². The number of hydrogen-bond donors (Lipinski definition) is 0. The molecule has 0 aromatic heterocycles. The molecule has 12 saturated carbocycles. The van der Waals surface area contributed by atoms with Gasteiger partial charge in [0.05, 0.1) is 24.0 Å². The van der Waals surface area contributed by atoms with Crippen LogP contribution < -0.4 is 0 Å². The third-order valence-corrected chi connectivity index (χ3v) is 23.3. The van der Waals surface area contributed by atoms with Gasteiger partial charge in [-0.05, 0) is 178 Å². The molecule has 0 radical (unpaired) electrons. The lowest BCUT2D eigenvalue weighted by Crippen LogP contribution is -2.62. The zero-order chi connectivity index (χ0) is 66.2. The Kier molecular flexibility index (Phi) is 21.2. The third-order valence-electron chi connectivity index (χ3n) is 21.5. The molecule has 0 N–H and O–H groups in total. The number of ether oxygens (including phenoxy) is 10. The highest BCUT2D eigenvalue weighted by Crippen LogP contribution is 2.63. The summed E-state index contributed by atoms with van der Waals surface area (Å²) < 4.78 is 80.7. The molecule has 10 atom stereocenters. The van der Waals surface area contributed by atoms with E-state index >= 15 is 0 Å². The van der Waals surface area contributed by atoms with E-state index in [1.54, 1.807) is 6.92 Å². The summed E-state index contributed by atoms with van der Waals surface area (Å²) in [6.07, 6.45) is 12.9. The molecular weight excluding hydrogens is 1200 g/mol. The van der Waals surface area contributed by atoms with E-state index in [-0.39, 0.29) is 96.0 Å². The quantitative estimate of drug-likeness (QED) is 0.0354. The number of hydrogen-bond acceptors (Lipinski definition) is 23. The normalized spacial score (nSPS) is 36.3. The van der Waals surface area contributed by atoms with E-state index in [1.807, 2.05) is 6.92 Å². The first kappa shape index (κ1) is 68.9. The predicted octanol–water partition coefficient (Wildman–Crippen LogP) is 7.44. The van der Waals surface area contributed by atoms with Crippen molar-refractivity contribution in [3.8, 4) is 0 Å². The monoisotopic (exact) mass is 1290 g/mol. The van der Waals surface area contributed by atoms with Crippen molar-refractivity contribution in [1.82, 2.24) is 0 Å². The smallest absolute Gasteiger partial charge is 0.344 e. The van der Waals surface area contributed by atoms with E-state index < -0.39 is 107 Å². The van der Waals surface area contributed by atoms with E-state index in [0.717, 1.165) is 62.2 Å². The summed E-state index contributed by atoms with van der Waals surface area (Å²) >= 11 is 0. The number of carbonyl (C=O) groups excluding carboxylic acids is 10. The molecule has 0 aromatic carbocycles. The van der Waals surface area contributed by atoms with Crippen molar-refractivity contribution in [2.24, 2.45) is 82.9 Å². The molecule has 24 heteroatoms. The van der Waals surface area contributed by atoms with Gasteiger partial charge >= 0.3 is 59.7 Å². The van der Waals surface area contributed by atoms with Crippen LogP contribution in [-0.2, 0) is 110 Å². The fourth-order valence-corrected chi connectivity index (χ4v) is 19.7. The topological polar surface area (TPSA) is 306 Å². The summed E-state index contributed by atoms with van der Waals surface area (Å²) in [6.45, 7) is 25.1. The van der Waals surface area contributed by atoms with Crippen LogP contribution in [0.25, 0.3) is 0 Å². The fraction of sp³-hybridized carbons (Fsp3) is 0.731. The maximum atomic E-state index is 12.2. The van der Waals surface area contributed by atoms with Crippen LogP contribution in [0.4, 0.5) is 0 Å². The molecule has 12 bridgehead atoms. The first-order valence-corrected chi connectivity index (χ1v) is 33.8. The van der Waals surface area contributed by atoms with Crippen molar-refractivity contribution < 1.29 is 108 Å². The van der Waals surface area contributed by atoms with Gasteiger partial charge in [-0.25, -0.2) is 33.6 Å². The van der Waals surface area contributed by atoms with Crippen LogP contribution in [0.15, 0.2) is 48.6 Å². The molecule has 2 aliphatic heterocycles. The van der Waals surface area contributed by atoms with Crippen molar-refractivity contribution in [2.45, 2.75) is 192 Å². The second-order valence-electron chi connectivity index (χ2n) is 28.3. The third kappa shape index (κ3) is 15.2. The lowest BCUT2D eigenvalue weighted by atomic mass is 9.47. The average Bonchev–Trinajstić information content (AvgIpc) is 1.53. The first-order chi connectivity index (χ1) is 42.9. The van der Waals surface area contributed by atoms with E-state index in [4.69, 9.17) is 46.8 Å². The van der Waals surface area contributed by atoms with Crippen molar-refractivity contribution in [3.63, 3.8) is 0 Å². The standard InChI is InChI=1S/C19H26O6.C17H22O9S.C17H26O2.C14H16O6/c1-11(2)18(22)24-9-16(20)23-10-17(21)25-19(3)14-5-12-4-13(7-14)8-15(19)6-12;1-9(2)17(20)24-6-5-23-13(18)3-4-14(19)25-15-10-7-11-12(8-10)27(21,22)26-16(11)15;1-10(2)16(18)19-17(11(3)4)14-6-12-5-13(8-14)9-15(17)7-12;1-6(2)13(16)18-5-10(15)19-11-7-3-8-9(4-7)14(17)20-12(8)11/h12-15H,1,4-10H2,2-3H3;10-12,15-16H,1,3-8H2,2H3;11-15H,1,5-9H2,2-4H3;7-9,11-12H,1,3-5H2,2H3. The van der Waals surface area contributed by atoms with Gasteiger partial charge in [0.2, 0.25) is 0 Å². The Morgan fingerprint density at radius 3 is 1.48 bits per heavy atom. The second kappa shape index (κ2) is 28.0. The molecule has 0 amide bonds. The van der Waals surface area contributed by atoms with Crippen LogP contribution in [0.5, 0.6) is 0 Å². The SMILES string of the molecule is C=C(C)C(=O)OC1(C(C)C)C2CC3CC(C2)CC1C3.C=C(C)C(=O)OCC(=O)OC1C2CC3C(=O)OC1C3C2.C=C(C)C(=O)OCC(=O)OCC(=O)OC1(C)C2CC3CC(C2)CC1C3.C=C(C)C(=O)OCCOC(=O)CCC(=O)OC1C2CC3C1OS(=O)(=O)C3C2. The molecule has 2 heterocycles. The van der Waals surface area contributed by atoms with Crippen LogP contribution in [0.3, 0.4) is 0 Å². The van der Waals surface area contributed by atoms with Gasteiger partial charge in [-0.1, -0.05) is 40.2 Å². The summed E-state index contributed by atoms with van der Waals surface area (Å²) in [5.41, 5.74) is 0.559. The van der Waals surface area contributed by atoms with Gasteiger partial charge in [0.1, 0.15) is 48.8 Å². The molecule has 91 heavy (non-hydrogen) atoms. The Morgan fingerprint density at radius 1 is 0.495 bits per heavy atom. The number of carbonyl (C=O) groups is 10. The second-order valence-corrected chi connectivity index (χ2v) is 30.0. The molecule has 14 fully saturated rings. The van der Waals surface area contributed by atoms with Crippen molar-refractivity contribution in [2.75, 3.05) is 33.0 Å². The number of fused-ring (bicyclic) bond motifs is 2. The molecule has 14 aliphatic rings. The molecule has 14 rings (SSSR count). The maximum absolute atomic E-state index is 12.2. The molecule has 10 unspecified atom stereocenters. The minimum absolute atomic E-state index is 0.0128.